The summed E-state index contributed by atoms with van der Waals surface area (Å²) in [6.07, 6.45) is 1.47. The number of rotatable bonds is 1. The molecule has 0 aliphatic rings. The lowest BCUT2D eigenvalue weighted by Crippen LogP contribution is -2.01. The predicted octanol–water partition coefficient (Wildman–Crippen LogP) is 0.643. The van der Waals surface area contributed by atoms with Crippen molar-refractivity contribution in [2.24, 2.45) is 0 Å². The molecule has 10 heavy (non-hydrogen) atoms. The second-order valence-electron chi connectivity index (χ2n) is 1.95. The van der Waals surface area contributed by atoms with Crippen molar-refractivity contribution in [3.63, 3.8) is 0 Å². The van der Waals surface area contributed by atoms with Gasteiger partial charge in [0.25, 0.3) is 0 Å². The lowest BCUT2D eigenvalue weighted by Gasteiger charge is -1.95. The topological polar surface area (TPSA) is 55.0 Å². The molecule has 0 saturated carbocycles. The van der Waals surface area contributed by atoms with Gasteiger partial charge in [-0.25, -0.2) is 0 Å². The Balaban J connectivity index is 2.74. The second kappa shape index (κ2) is 2.51. The van der Waals surface area contributed by atoms with E-state index in [1.807, 2.05) is 0 Å². The predicted molar refractivity (Wildman–Crippen MR) is 34.6 cm³/mol. The third kappa shape index (κ3) is 1.34. The van der Waals surface area contributed by atoms with Crippen LogP contribution in [0.4, 0.5) is 0 Å². The Morgan fingerprint density at radius 2 is 2.50 bits per heavy atom. The summed E-state index contributed by atoms with van der Waals surface area (Å²) < 4.78 is 4.75. The molecule has 0 unspecified atom stereocenters. The monoisotopic (exact) mass is 140 g/mol. The van der Waals surface area contributed by atoms with Gasteiger partial charge in [0.2, 0.25) is 0 Å². The van der Waals surface area contributed by atoms with Crippen LogP contribution in [0.15, 0.2) is 6.20 Å². The molecule has 0 radical (unpaired) electrons. The van der Waals surface area contributed by atoms with E-state index in [1.165, 1.54) is 13.1 Å². The van der Waals surface area contributed by atoms with Crippen LogP contribution < -0.4 is 4.74 Å². The zero-order valence-electron chi connectivity index (χ0n) is 5.84. The fourth-order valence-electron chi connectivity index (χ4n) is 0.597. The van der Waals surface area contributed by atoms with Crippen LogP contribution in [0, 0.1) is 6.92 Å². The smallest absolute Gasteiger partial charge is 0.308 e. The Bertz CT molecular complexity index is 242. The van der Waals surface area contributed by atoms with Crippen LogP contribution in [0.25, 0.3) is 0 Å². The minimum absolute atomic E-state index is 0.329. The highest BCUT2D eigenvalue weighted by atomic mass is 16.5. The zero-order valence-corrected chi connectivity index (χ0v) is 5.84. The van der Waals surface area contributed by atoms with Gasteiger partial charge in [0.15, 0.2) is 5.75 Å². The fraction of sp³-hybridized carbons (Fsp3) is 0.333. The first-order valence-electron chi connectivity index (χ1n) is 2.88. The Morgan fingerprint density at radius 3 is 2.90 bits per heavy atom. The van der Waals surface area contributed by atoms with Crippen molar-refractivity contribution in [3.05, 3.63) is 11.9 Å². The van der Waals surface area contributed by atoms with Crippen molar-refractivity contribution in [2.75, 3.05) is 0 Å². The molecule has 0 bridgehead atoms. The van der Waals surface area contributed by atoms with E-state index < -0.39 is 0 Å². The van der Waals surface area contributed by atoms with Crippen LogP contribution >= 0.6 is 0 Å². The molecular weight excluding hydrogens is 132 g/mol. The number of nitrogens with zero attached hydrogens (tertiary/aromatic N) is 1. The summed E-state index contributed by atoms with van der Waals surface area (Å²) in [5.41, 5.74) is 0.759. The van der Waals surface area contributed by atoms with Crippen LogP contribution in [0.2, 0.25) is 0 Å². The van der Waals surface area contributed by atoms with Crippen LogP contribution in [-0.4, -0.2) is 16.2 Å². The number of hydrogen-bond acceptors (Lipinski definition) is 3. The molecule has 1 rings (SSSR count). The number of esters is 1. The van der Waals surface area contributed by atoms with Gasteiger partial charge in [-0.3, -0.25) is 9.89 Å². The first kappa shape index (κ1) is 6.80. The maximum absolute atomic E-state index is 10.4. The van der Waals surface area contributed by atoms with Crippen molar-refractivity contribution in [2.45, 2.75) is 13.8 Å². The lowest BCUT2D eigenvalue weighted by atomic mass is 10.4. The molecular formula is C6H8N2O2. The average molecular weight is 140 g/mol. The number of carbonyl (C=O) groups excluding carboxylic acids is 1. The van der Waals surface area contributed by atoms with Gasteiger partial charge < -0.3 is 4.74 Å². The number of ether oxygens (including phenoxy) is 1. The van der Waals surface area contributed by atoms with Gasteiger partial charge in [-0.05, 0) is 6.92 Å². The number of nitrogens with one attached hydrogen (secondary N) is 1. The van der Waals surface area contributed by atoms with Crippen molar-refractivity contribution >= 4 is 5.97 Å². The molecule has 0 amide bonds. The number of aryl methyl sites for hydroxylation is 1. The summed E-state index contributed by atoms with van der Waals surface area (Å²) in [4.78, 5) is 10.4. The number of carbonyl (C=O) groups is 1. The van der Waals surface area contributed by atoms with Crippen LogP contribution in [-0.2, 0) is 4.79 Å². The first-order valence-corrected chi connectivity index (χ1v) is 2.88. The van der Waals surface area contributed by atoms with Crippen LogP contribution in [0.1, 0.15) is 12.6 Å². The number of H-pyrrole nitrogens is 1. The van der Waals surface area contributed by atoms with E-state index in [1.54, 1.807) is 6.92 Å². The Labute approximate surface area is 58.2 Å². The molecule has 0 fully saturated rings. The van der Waals surface area contributed by atoms with E-state index in [-0.39, 0.29) is 5.97 Å². The highest BCUT2D eigenvalue weighted by molar-refractivity contribution is 5.69. The molecule has 1 aromatic heterocycles. The summed E-state index contributed by atoms with van der Waals surface area (Å²) in [6, 6.07) is 0. The zero-order chi connectivity index (χ0) is 7.56. The van der Waals surface area contributed by atoms with Crippen LogP contribution in [0.5, 0.6) is 5.75 Å². The molecule has 0 atom stereocenters. The maximum atomic E-state index is 10.4. The molecule has 0 saturated heterocycles. The van der Waals surface area contributed by atoms with E-state index in [0.29, 0.717) is 5.75 Å². The Kier molecular flexibility index (Phi) is 1.71. The van der Waals surface area contributed by atoms with Gasteiger partial charge in [0.1, 0.15) is 0 Å². The first-order chi connectivity index (χ1) is 4.70. The molecule has 1 N–H and O–H groups in total. The minimum Gasteiger partial charge on any atom is -0.423 e. The highest BCUT2D eigenvalue weighted by Gasteiger charge is 2.02. The number of hydrogen-bond donors (Lipinski definition) is 1. The highest BCUT2D eigenvalue weighted by Crippen LogP contribution is 2.12. The average Bonchev–Trinajstić information content (AvgIpc) is 2.15. The largest absolute Gasteiger partial charge is 0.423 e. The summed E-state index contributed by atoms with van der Waals surface area (Å²) >= 11 is 0. The SMILES string of the molecule is CC(=O)Oc1cn[nH]c1C. The van der Waals surface area contributed by atoms with Crippen molar-refractivity contribution in [3.8, 4) is 5.75 Å². The second-order valence-corrected chi connectivity index (χ2v) is 1.95. The van der Waals surface area contributed by atoms with Crippen molar-refractivity contribution in [1.29, 1.82) is 0 Å². The standard InChI is InChI=1S/C6H8N2O2/c1-4-6(3-7-8-4)10-5(2)9/h3H,1-2H3,(H,7,8). The minimum atomic E-state index is -0.329. The third-order valence-corrected chi connectivity index (χ3v) is 1.04. The van der Waals surface area contributed by atoms with Gasteiger partial charge >= 0.3 is 5.97 Å². The third-order valence-electron chi connectivity index (χ3n) is 1.04. The lowest BCUT2D eigenvalue weighted by molar-refractivity contribution is -0.131. The fourth-order valence-corrected chi connectivity index (χ4v) is 0.597. The molecule has 0 spiro atoms. The van der Waals surface area contributed by atoms with E-state index >= 15 is 0 Å². The summed E-state index contributed by atoms with van der Waals surface area (Å²) in [5, 5.41) is 6.32. The van der Waals surface area contributed by atoms with Gasteiger partial charge in [0, 0.05) is 6.92 Å². The Hall–Kier alpha value is -1.32. The van der Waals surface area contributed by atoms with Gasteiger partial charge in [-0.15, -0.1) is 0 Å². The van der Waals surface area contributed by atoms with Gasteiger partial charge in [0.05, 0.1) is 11.9 Å². The maximum Gasteiger partial charge on any atom is 0.308 e. The normalized spacial score (nSPS) is 9.40. The molecule has 0 aromatic carbocycles. The summed E-state index contributed by atoms with van der Waals surface area (Å²) in [5.74, 6) is 0.164. The molecule has 1 heterocycles. The summed E-state index contributed by atoms with van der Waals surface area (Å²) in [6.45, 7) is 3.14. The quantitative estimate of drug-likeness (QED) is 0.582. The molecule has 1 aromatic rings. The van der Waals surface area contributed by atoms with Gasteiger partial charge in [-0.1, -0.05) is 0 Å². The number of aromatic nitrogens is 2. The van der Waals surface area contributed by atoms with Crippen LogP contribution in [0.3, 0.4) is 0 Å². The molecule has 0 aliphatic carbocycles. The van der Waals surface area contributed by atoms with Crippen molar-refractivity contribution in [1.82, 2.24) is 10.2 Å². The van der Waals surface area contributed by atoms with E-state index in [4.69, 9.17) is 4.74 Å². The molecule has 4 heteroatoms. The van der Waals surface area contributed by atoms with E-state index in [2.05, 4.69) is 10.2 Å². The van der Waals surface area contributed by atoms with E-state index in [0.717, 1.165) is 5.69 Å². The Morgan fingerprint density at radius 1 is 1.80 bits per heavy atom. The van der Waals surface area contributed by atoms with Gasteiger partial charge in [-0.2, -0.15) is 5.10 Å². The molecule has 54 valence electrons. The van der Waals surface area contributed by atoms with Crippen molar-refractivity contribution < 1.29 is 9.53 Å². The molecule has 0 aliphatic heterocycles. The summed E-state index contributed by atoms with van der Waals surface area (Å²) in [7, 11) is 0. The number of aromatic amines is 1. The molecule has 4 nitrogen and oxygen atoms in total. The van der Waals surface area contributed by atoms with E-state index in [9.17, 15) is 4.79 Å².